The molecular formula is C17H18N2O2. The Labute approximate surface area is 124 Å². The highest BCUT2D eigenvalue weighted by Crippen LogP contribution is 2.22. The van der Waals surface area contributed by atoms with Crippen molar-refractivity contribution in [3.8, 4) is 5.75 Å². The van der Waals surface area contributed by atoms with E-state index >= 15 is 0 Å². The third-order valence-electron chi connectivity index (χ3n) is 3.83. The fourth-order valence-electron chi connectivity index (χ4n) is 2.70. The Morgan fingerprint density at radius 2 is 2.00 bits per heavy atom. The van der Waals surface area contributed by atoms with Gasteiger partial charge in [0.15, 0.2) is 5.78 Å². The van der Waals surface area contributed by atoms with E-state index in [0.29, 0.717) is 18.4 Å². The second-order valence-corrected chi connectivity index (χ2v) is 5.27. The Balaban J connectivity index is 1.90. The zero-order chi connectivity index (χ0) is 14.7. The first kappa shape index (κ1) is 13.7. The molecule has 0 radical (unpaired) electrons. The molecular weight excluding hydrogens is 264 g/mol. The van der Waals surface area contributed by atoms with Crippen LogP contribution in [0.3, 0.4) is 0 Å². The molecule has 1 aromatic heterocycles. The van der Waals surface area contributed by atoms with E-state index in [4.69, 9.17) is 4.74 Å². The van der Waals surface area contributed by atoms with Crippen molar-refractivity contribution in [2.75, 3.05) is 7.11 Å². The first-order valence-electron chi connectivity index (χ1n) is 7.28. The van der Waals surface area contributed by atoms with Crippen LogP contribution in [0.1, 0.15) is 46.7 Å². The summed E-state index contributed by atoms with van der Waals surface area (Å²) in [6.07, 6.45) is 5.75. The maximum atomic E-state index is 12.0. The summed E-state index contributed by atoms with van der Waals surface area (Å²) in [6, 6.07) is 7.87. The summed E-state index contributed by atoms with van der Waals surface area (Å²) in [7, 11) is 1.66. The van der Waals surface area contributed by atoms with Crippen molar-refractivity contribution in [3.63, 3.8) is 0 Å². The molecule has 4 heteroatoms. The maximum Gasteiger partial charge on any atom is 0.166 e. The third kappa shape index (κ3) is 2.94. The molecule has 0 fully saturated rings. The minimum Gasteiger partial charge on any atom is -0.496 e. The van der Waals surface area contributed by atoms with E-state index in [-0.39, 0.29) is 5.78 Å². The fraction of sp³-hybridized carbons (Fsp3) is 0.353. The number of aromatic nitrogens is 2. The van der Waals surface area contributed by atoms with Crippen molar-refractivity contribution in [2.24, 2.45) is 0 Å². The van der Waals surface area contributed by atoms with Gasteiger partial charge in [0.25, 0.3) is 0 Å². The first-order chi connectivity index (χ1) is 10.3. The Morgan fingerprint density at radius 1 is 1.19 bits per heavy atom. The molecule has 1 aromatic carbocycles. The Hall–Kier alpha value is -2.23. The quantitative estimate of drug-likeness (QED) is 0.812. The number of ether oxygens (including phenoxy) is 1. The molecule has 0 saturated carbocycles. The van der Waals surface area contributed by atoms with Crippen LogP contribution >= 0.6 is 0 Å². The molecule has 0 unspecified atom stereocenters. The molecule has 1 aliphatic rings. The molecule has 0 spiro atoms. The monoisotopic (exact) mass is 282 g/mol. The minimum absolute atomic E-state index is 0.173. The number of ketones is 1. The van der Waals surface area contributed by atoms with Gasteiger partial charge in [-0.3, -0.25) is 4.79 Å². The third-order valence-corrected chi connectivity index (χ3v) is 3.83. The van der Waals surface area contributed by atoms with Gasteiger partial charge < -0.3 is 4.74 Å². The lowest BCUT2D eigenvalue weighted by Gasteiger charge is -2.09. The van der Waals surface area contributed by atoms with Crippen LogP contribution in [-0.2, 0) is 12.8 Å². The summed E-state index contributed by atoms with van der Waals surface area (Å²) < 4.78 is 5.36. The van der Waals surface area contributed by atoms with Crippen LogP contribution in [0.5, 0.6) is 5.75 Å². The fourth-order valence-corrected chi connectivity index (χ4v) is 2.70. The molecule has 0 N–H and O–H groups in total. The molecule has 0 aliphatic heterocycles. The second kappa shape index (κ2) is 6.04. The number of aryl methyl sites for hydroxylation is 1. The van der Waals surface area contributed by atoms with Gasteiger partial charge in [-0.15, -0.1) is 0 Å². The highest BCUT2D eigenvalue weighted by molar-refractivity contribution is 5.97. The molecule has 0 atom stereocenters. The summed E-state index contributed by atoms with van der Waals surface area (Å²) in [5.41, 5.74) is 2.66. The number of carbonyl (C=O) groups excluding carboxylic acids is 1. The molecule has 0 saturated heterocycles. The highest BCUT2D eigenvalue weighted by Gasteiger charge is 2.18. The first-order valence-corrected chi connectivity index (χ1v) is 7.28. The van der Waals surface area contributed by atoms with Crippen LogP contribution in [0.2, 0.25) is 0 Å². The van der Waals surface area contributed by atoms with Gasteiger partial charge in [-0.2, -0.15) is 0 Å². The molecule has 4 nitrogen and oxygen atoms in total. The number of fused-ring (bicyclic) bond motifs is 1. The number of methoxy groups -OCH3 is 1. The van der Waals surface area contributed by atoms with E-state index in [2.05, 4.69) is 9.97 Å². The molecule has 21 heavy (non-hydrogen) atoms. The summed E-state index contributed by atoms with van der Waals surface area (Å²) in [6.45, 7) is 0. The number of nitrogens with zero attached hydrogens (tertiary/aromatic N) is 2. The smallest absolute Gasteiger partial charge is 0.166 e. The molecule has 0 amide bonds. The van der Waals surface area contributed by atoms with Crippen LogP contribution in [0, 0.1) is 0 Å². The molecule has 2 aromatic rings. The van der Waals surface area contributed by atoms with Gasteiger partial charge in [0.2, 0.25) is 0 Å². The average molecular weight is 282 g/mol. The largest absolute Gasteiger partial charge is 0.496 e. The van der Waals surface area contributed by atoms with E-state index < -0.39 is 0 Å². The van der Waals surface area contributed by atoms with Crippen molar-refractivity contribution < 1.29 is 9.53 Å². The summed E-state index contributed by atoms with van der Waals surface area (Å²) in [5, 5.41) is 0. The van der Waals surface area contributed by atoms with E-state index in [1.54, 1.807) is 13.3 Å². The van der Waals surface area contributed by atoms with Crippen LogP contribution in [-0.4, -0.2) is 22.9 Å². The van der Waals surface area contributed by atoms with Gasteiger partial charge in [0.05, 0.1) is 18.4 Å². The predicted octanol–water partition coefficient (Wildman–Crippen LogP) is 2.99. The lowest BCUT2D eigenvalue weighted by atomic mass is 10.1. The van der Waals surface area contributed by atoms with E-state index in [1.807, 2.05) is 24.3 Å². The standard InChI is InChI=1S/C17H18N2O2/c1-21-16-9-5-2-6-12(16)10-17-18-11-13-14(19-17)7-3-4-8-15(13)20/h2,5-6,9,11H,3-4,7-8,10H2,1H3. The number of Topliss-reactive ketones (excluding diaryl/α,β-unsaturated/α-hetero) is 1. The van der Waals surface area contributed by atoms with Crippen molar-refractivity contribution >= 4 is 5.78 Å². The Kier molecular flexibility index (Phi) is 3.95. The van der Waals surface area contributed by atoms with Gasteiger partial charge in [0.1, 0.15) is 11.6 Å². The number of para-hydroxylation sites is 1. The zero-order valence-electron chi connectivity index (χ0n) is 12.1. The van der Waals surface area contributed by atoms with Gasteiger partial charge in [0, 0.05) is 24.6 Å². The normalized spacial score (nSPS) is 14.4. The van der Waals surface area contributed by atoms with E-state index in [1.165, 1.54) is 0 Å². The number of hydrogen-bond donors (Lipinski definition) is 0. The zero-order valence-corrected chi connectivity index (χ0v) is 12.1. The van der Waals surface area contributed by atoms with Crippen molar-refractivity contribution in [2.45, 2.75) is 32.1 Å². The number of hydrogen-bond acceptors (Lipinski definition) is 4. The number of benzene rings is 1. The van der Waals surface area contributed by atoms with Crippen molar-refractivity contribution in [1.29, 1.82) is 0 Å². The molecule has 3 rings (SSSR count). The van der Waals surface area contributed by atoms with E-state index in [9.17, 15) is 4.79 Å². The lowest BCUT2D eigenvalue weighted by Crippen LogP contribution is -2.08. The van der Waals surface area contributed by atoms with Crippen molar-refractivity contribution in [1.82, 2.24) is 9.97 Å². The molecule has 108 valence electrons. The average Bonchev–Trinajstić information content (AvgIpc) is 2.69. The van der Waals surface area contributed by atoms with Gasteiger partial charge in [-0.25, -0.2) is 9.97 Å². The lowest BCUT2D eigenvalue weighted by molar-refractivity contribution is 0.0981. The number of carbonyl (C=O) groups is 1. The topological polar surface area (TPSA) is 52.1 Å². The van der Waals surface area contributed by atoms with Gasteiger partial charge in [-0.05, 0) is 25.3 Å². The molecule has 1 heterocycles. The Bertz CT molecular complexity index is 668. The van der Waals surface area contributed by atoms with Crippen LogP contribution in [0.25, 0.3) is 0 Å². The van der Waals surface area contributed by atoms with Gasteiger partial charge in [-0.1, -0.05) is 18.2 Å². The maximum absolute atomic E-state index is 12.0. The Morgan fingerprint density at radius 3 is 2.86 bits per heavy atom. The van der Waals surface area contributed by atoms with E-state index in [0.717, 1.165) is 42.1 Å². The van der Waals surface area contributed by atoms with Gasteiger partial charge >= 0.3 is 0 Å². The van der Waals surface area contributed by atoms with Crippen LogP contribution in [0.15, 0.2) is 30.5 Å². The number of rotatable bonds is 3. The summed E-state index contributed by atoms with van der Waals surface area (Å²) in [5.74, 6) is 1.76. The second-order valence-electron chi connectivity index (χ2n) is 5.27. The molecule has 1 aliphatic carbocycles. The summed E-state index contributed by atoms with van der Waals surface area (Å²) in [4.78, 5) is 20.9. The van der Waals surface area contributed by atoms with Crippen LogP contribution in [0.4, 0.5) is 0 Å². The predicted molar refractivity (Wildman–Crippen MR) is 79.7 cm³/mol. The minimum atomic E-state index is 0.173. The highest BCUT2D eigenvalue weighted by atomic mass is 16.5. The molecule has 0 bridgehead atoms. The SMILES string of the molecule is COc1ccccc1Cc1ncc2c(n1)CCCCC2=O. The van der Waals surface area contributed by atoms with Crippen LogP contribution < -0.4 is 4.74 Å². The van der Waals surface area contributed by atoms with Crippen molar-refractivity contribution in [3.05, 3.63) is 53.1 Å². The summed E-state index contributed by atoms with van der Waals surface area (Å²) >= 11 is 0.